The van der Waals surface area contributed by atoms with Crippen molar-refractivity contribution in [2.45, 2.75) is 6.42 Å². The highest BCUT2D eigenvalue weighted by atomic mass is 16.5. The fraction of sp³-hybridized carbons (Fsp3) is 0.294. The first-order chi connectivity index (χ1) is 10.6. The standard InChI is InChI=1S/C17H21N3O2/c1-20(10-7-13-5-8-19-9-6-13)12-16(21)14-3-4-17(22-2)15(18)11-14/h3-6,8-9,11H,7,10,12,18H2,1-2H3. The highest BCUT2D eigenvalue weighted by molar-refractivity contribution is 5.98. The number of carbonyl (C=O) groups excluding carboxylic acids is 1. The molecule has 0 saturated carbocycles. The van der Waals surface area contributed by atoms with Crippen molar-refractivity contribution in [1.82, 2.24) is 9.88 Å². The van der Waals surface area contributed by atoms with Crippen LogP contribution in [-0.2, 0) is 6.42 Å². The van der Waals surface area contributed by atoms with Gasteiger partial charge < -0.3 is 10.5 Å². The zero-order valence-corrected chi connectivity index (χ0v) is 13.0. The van der Waals surface area contributed by atoms with E-state index in [1.54, 1.807) is 37.7 Å². The third kappa shape index (κ3) is 4.30. The van der Waals surface area contributed by atoms with Crippen molar-refractivity contribution < 1.29 is 9.53 Å². The Morgan fingerprint density at radius 2 is 2.00 bits per heavy atom. The van der Waals surface area contributed by atoms with E-state index in [0.717, 1.165) is 13.0 Å². The summed E-state index contributed by atoms with van der Waals surface area (Å²) in [6.45, 7) is 1.16. The van der Waals surface area contributed by atoms with Gasteiger partial charge in [0, 0.05) is 24.5 Å². The van der Waals surface area contributed by atoms with E-state index in [-0.39, 0.29) is 5.78 Å². The van der Waals surface area contributed by atoms with E-state index < -0.39 is 0 Å². The van der Waals surface area contributed by atoms with Crippen molar-refractivity contribution in [3.63, 3.8) is 0 Å². The summed E-state index contributed by atoms with van der Waals surface area (Å²) in [5, 5.41) is 0. The van der Waals surface area contributed by atoms with E-state index in [1.807, 2.05) is 24.1 Å². The van der Waals surface area contributed by atoms with Crippen LogP contribution < -0.4 is 10.5 Å². The number of ketones is 1. The molecule has 2 rings (SSSR count). The molecule has 0 saturated heterocycles. The monoisotopic (exact) mass is 299 g/mol. The summed E-state index contributed by atoms with van der Waals surface area (Å²) in [5.74, 6) is 0.633. The first-order valence-electron chi connectivity index (χ1n) is 7.14. The lowest BCUT2D eigenvalue weighted by Gasteiger charge is -2.16. The van der Waals surface area contributed by atoms with Crippen LogP contribution in [0.15, 0.2) is 42.7 Å². The van der Waals surface area contributed by atoms with Crippen molar-refractivity contribution in [3.8, 4) is 5.75 Å². The average Bonchev–Trinajstić information content (AvgIpc) is 2.53. The Bertz CT molecular complexity index is 629. The molecule has 2 aromatic rings. The van der Waals surface area contributed by atoms with Crippen molar-refractivity contribution in [3.05, 3.63) is 53.9 Å². The number of nitrogens with two attached hydrogens (primary N) is 1. The Hall–Kier alpha value is -2.40. The summed E-state index contributed by atoms with van der Waals surface area (Å²) >= 11 is 0. The third-order valence-electron chi connectivity index (χ3n) is 3.50. The largest absolute Gasteiger partial charge is 0.495 e. The van der Waals surface area contributed by atoms with Gasteiger partial charge in [0.05, 0.1) is 19.3 Å². The van der Waals surface area contributed by atoms with Gasteiger partial charge in [0.2, 0.25) is 0 Å². The maximum Gasteiger partial charge on any atom is 0.176 e. The second kappa shape index (κ2) is 7.56. The molecule has 0 aliphatic rings. The number of nitrogens with zero attached hydrogens (tertiary/aromatic N) is 2. The number of benzene rings is 1. The van der Waals surface area contributed by atoms with Gasteiger partial charge in [0.15, 0.2) is 5.78 Å². The van der Waals surface area contributed by atoms with Crippen LogP contribution in [0.3, 0.4) is 0 Å². The van der Waals surface area contributed by atoms with Crippen LogP contribution >= 0.6 is 0 Å². The molecule has 0 amide bonds. The van der Waals surface area contributed by atoms with Crippen molar-refractivity contribution in [2.75, 3.05) is 33.0 Å². The van der Waals surface area contributed by atoms with Crippen molar-refractivity contribution >= 4 is 11.5 Å². The van der Waals surface area contributed by atoms with Crippen molar-refractivity contribution in [2.24, 2.45) is 0 Å². The molecule has 0 aliphatic heterocycles. The number of carbonyl (C=O) groups is 1. The van der Waals surface area contributed by atoms with Crippen LogP contribution in [0.25, 0.3) is 0 Å². The number of hydrogen-bond donors (Lipinski definition) is 1. The number of methoxy groups -OCH3 is 1. The van der Waals surface area contributed by atoms with Gasteiger partial charge in [-0.05, 0) is 49.4 Å². The number of hydrogen-bond acceptors (Lipinski definition) is 5. The molecule has 0 atom stereocenters. The molecule has 2 N–H and O–H groups in total. The smallest absolute Gasteiger partial charge is 0.176 e. The Kier molecular flexibility index (Phi) is 5.49. The summed E-state index contributed by atoms with van der Waals surface area (Å²) in [6, 6.07) is 9.10. The van der Waals surface area contributed by atoms with Gasteiger partial charge in [0.25, 0.3) is 0 Å². The minimum absolute atomic E-state index is 0.0478. The van der Waals surface area contributed by atoms with Gasteiger partial charge in [-0.25, -0.2) is 0 Å². The third-order valence-corrected chi connectivity index (χ3v) is 3.50. The number of Topliss-reactive ketones (excluding diaryl/α,β-unsaturated/α-hetero) is 1. The fourth-order valence-corrected chi connectivity index (χ4v) is 2.19. The molecule has 0 fully saturated rings. The van der Waals surface area contributed by atoms with Gasteiger partial charge in [-0.1, -0.05) is 0 Å². The van der Waals surface area contributed by atoms with Crippen LogP contribution in [-0.4, -0.2) is 42.9 Å². The van der Waals surface area contributed by atoms with Crippen molar-refractivity contribution in [1.29, 1.82) is 0 Å². The van der Waals surface area contributed by atoms with E-state index in [2.05, 4.69) is 4.98 Å². The van der Waals surface area contributed by atoms with Crippen LogP contribution in [0.5, 0.6) is 5.75 Å². The number of pyridine rings is 1. The van der Waals surface area contributed by atoms with Crippen LogP contribution in [0.4, 0.5) is 5.69 Å². The Morgan fingerprint density at radius 1 is 1.27 bits per heavy atom. The topological polar surface area (TPSA) is 68.5 Å². The maximum absolute atomic E-state index is 12.3. The second-order valence-electron chi connectivity index (χ2n) is 5.22. The summed E-state index contributed by atoms with van der Waals surface area (Å²) in [6.07, 6.45) is 4.44. The SMILES string of the molecule is COc1ccc(C(=O)CN(C)CCc2ccncc2)cc1N. The lowest BCUT2D eigenvalue weighted by molar-refractivity contribution is 0.0947. The maximum atomic E-state index is 12.3. The van der Waals surface area contributed by atoms with E-state index in [9.17, 15) is 4.79 Å². The molecular formula is C17H21N3O2. The molecule has 1 heterocycles. The molecule has 0 bridgehead atoms. The molecule has 1 aromatic carbocycles. The van der Waals surface area contributed by atoms with Gasteiger partial charge in [-0.2, -0.15) is 0 Å². The predicted octanol–water partition coefficient (Wildman–Crippen LogP) is 2.03. The van der Waals surface area contributed by atoms with Gasteiger partial charge in [-0.3, -0.25) is 14.7 Å². The minimum atomic E-state index is 0.0478. The number of likely N-dealkylation sites (N-methyl/N-ethyl adjacent to an activating group) is 1. The molecule has 1 aromatic heterocycles. The molecule has 116 valence electrons. The van der Waals surface area contributed by atoms with E-state index in [4.69, 9.17) is 10.5 Å². The van der Waals surface area contributed by atoms with Crippen LogP contribution in [0.2, 0.25) is 0 Å². The number of rotatable bonds is 7. The zero-order chi connectivity index (χ0) is 15.9. The fourth-order valence-electron chi connectivity index (χ4n) is 2.19. The highest BCUT2D eigenvalue weighted by Gasteiger charge is 2.11. The first kappa shape index (κ1) is 16.0. The quantitative estimate of drug-likeness (QED) is 0.626. The van der Waals surface area contributed by atoms with Crippen LogP contribution in [0, 0.1) is 0 Å². The molecule has 5 heteroatoms. The average molecular weight is 299 g/mol. The highest BCUT2D eigenvalue weighted by Crippen LogP contribution is 2.22. The number of nitrogen functional groups attached to an aromatic ring is 1. The summed E-state index contributed by atoms with van der Waals surface area (Å²) in [5.41, 5.74) is 8.13. The molecule has 5 nitrogen and oxygen atoms in total. The summed E-state index contributed by atoms with van der Waals surface area (Å²) in [7, 11) is 3.49. The van der Waals surface area contributed by atoms with Gasteiger partial charge in [-0.15, -0.1) is 0 Å². The molecular weight excluding hydrogens is 278 g/mol. The Morgan fingerprint density at radius 3 is 2.64 bits per heavy atom. The predicted molar refractivity (Wildman–Crippen MR) is 87.2 cm³/mol. The number of anilines is 1. The minimum Gasteiger partial charge on any atom is -0.495 e. The zero-order valence-electron chi connectivity index (χ0n) is 13.0. The number of aromatic nitrogens is 1. The van der Waals surface area contributed by atoms with Crippen LogP contribution in [0.1, 0.15) is 15.9 Å². The Labute approximate surface area is 130 Å². The molecule has 0 unspecified atom stereocenters. The molecule has 22 heavy (non-hydrogen) atoms. The molecule has 0 spiro atoms. The summed E-state index contributed by atoms with van der Waals surface area (Å²) < 4.78 is 5.10. The van der Waals surface area contributed by atoms with E-state index >= 15 is 0 Å². The molecule has 0 radical (unpaired) electrons. The molecule has 0 aliphatic carbocycles. The van der Waals surface area contributed by atoms with Gasteiger partial charge in [0.1, 0.15) is 5.75 Å². The van der Waals surface area contributed by atoms with E-state index in [1.165, 1.54) is 5.56 Å². The van der Waals surface area contributed by atoms with E-state index in [0.29, 0.717) is 23.5 Å². The Balaban J connectivity index is 1.89. The normalized spacial score (nSPS) is 10.7. The van der Waals surface area contributed by atoms with Gasteiger partial charge >= 0.3 is 0 Å². The summed E-state index contributed by atoms with van der Waals surface area (Å²) in [4.78, 5) is 18.3. The lowest BCUT2D eigenvalue weighted by Crippen LogP contribution is -2.28. The first-order valence-corrected chi connectivity index (χ1v) is 7.14. The lowest BCUT2D eigenvalue weighted by atomic mass is 10.1. The number of ether oxygens (including phenoxy) is 1. The second-order valence-corrected chi connectivity index (χ2v) is 5.22.